The van der Waals surface area contributed by atoms with Gasteiger partial charge >= 0.3 is 6.18 Å². The van der Waals surface area contributed by atoms with Gasteiger partial charge in [0.2, 0.25) is 5.91 Å². The van der Waals surface area contributed by atoms with Crippen LogP contribution in [0.25, 0.3) is 5.69 Å². The molecule has 0 fully saturated rings. The summed E-state index contributed by atoms with van der Waals surface area (Å²) in [5.74, 6) is -0.112. The number of hydrogen-bond donors (Lipinski definition) is 1. The molecule has 1 heterocycles. The average molecular weight is 391 g/mol. The molecule has 7 nitrogen and oxygen atoms in total. The van der Waals surface area contributed by atoms with Crippen molar-refractivity contribution in [3.63, 3.8) is 0 Å². The second kappa shape index (κ2) is 8.51. The van der Waals surface area contributed by atoms with Crippen LogP contribution in [0.3, 0.4) is 0 Å². The minimum absolute atomic E-state index is 0.0993. The van der Waals surface area contributed by atoms with E-state index in [-0.39, 0.29) is 24.6 Å². The van der Waals surface area contributed by atoms with Gasteiger partial charge in [0, 0.05) is 6.54 Å². The summed E-state index contributed by atoms with van der Waals surface area (Å²) in [6, 6.07) is 13.3. The Kier molecular flexibility index (Phi) is 5.87. The fourth-order valence-corrected chi connectivity index (χ4v) is 2.41. The van der Waals surface area contributed by atoms with Crippen LogP contribution < -0.4 is 10.1 Å². The highest BCUT2D eigenvalue weighted by Crippen LogP contribution is 2.19. The molecular weight excluding hydrogens is 375 g/mol. The van der Waals surface area contributed by atoms with Crippen molar-refractivity contribution in [3.05, 3.63) is 66.0 Å². The Morgan fingerprint density at radius 1 is 1.11 bits per heavy atom. The Bertz CT molecular complexity index is 912. The summed E-state index contributed by atoms with van der Waals surface area (Å²) in [5.41, 5.74) is 2.21. The first-order valence-electron chi connectivity index (χ1n) is 8.26. The molecular formula is C18H16F3N5O2. The summed E-state index contributed by atoms with van der Waals surface area (Å²) in [5, 5.41) is 13.6. The van der Waals surface area contributed by atoms with Gasteiger partial charge in [-0.05, 0) is 45.8 Å². The number of alkyl halides is 3. The number of tetrazole rings is 1. The number of benzene rings is 2. The van der Waals surface area contributed by atoms with Crippen LogP contribution in [-0.4, -0.2) is 38.9 Å². The van der Waals surface area contributed by atoms with Gasteiger partial charge in [0.25, 0.3) is 0 Å². The van der Waals surface area contributed by atoms with Crippen molar-refractivity contribution in [3.8, 4) is 11.4 Å². The van der Waals surface area contributed by atoms with Crippen LogP contribution in [0.15, 0.2) is 54.9 Å². The summed E-state index contributed by atoms with van der Waals surface area (Å²) in [4.78, 5) is 12.1. The lowest BCUT2D eigenvalue weighted by Gasteiger charge is -2.11. The molecule has 0 spiro atoms. The summed E-state index contributed by atoms with van der Waals surface area (Å²) < 4.78 is 42.8. The first-order valence-corrected chi connectivity index (χ1v) is 8.26. The molecule has 0 aliphatic rings. The molecule has 0 bridgehead atoms. The van der Waals surface area contributed by atoms with Crippen LogP contribution in [0, 0.1) is 0 Å². The first kappa shape index (κ1) is 19.3. The third-order valence-electron chi connectivity index (χ3n) is 3.71. The monoisotopic (exact) mass is 391 g/mol. The van der Waals surface area contributed by atoms with E-state index in [0.717, 1.165) is 11.3 Å². The highest BCUT2D eigenvalue weighted by atomic mass is 19.4. The Hall–Kier alpha value is -3.43. The molecule has 0 saturated carbocycles. The van der Waals surface area contributed by atoms with Crippen LogP contribution >= 0.6 is 0 Å². The number of nitrogens with zero attached hydrogens (tertiary/aromatic N) is 4. The van der Waals surface area contributed by atoms with Crippen LogP contribution in [0.2, 0.25) is 0 Å². The van der Waals surface area contributed by atoms with Gasteiger partial charge < -0.3 is 10.1 Å². The van der Waals surface area contributed by atoms with Gasteiger partial charge in [-0.1, -0.05) is 24.3 Å². The Morgan fingerprint density at radius 2 is 1.89 bits per heavy atom. The lowest BCUT2D eigenvalue weighted by atomic mass is 10.1. The standard InChI is InChI=1S/C18H16F3N5O2/c19-18(20,21)11-28-16-3-1-2-14(8-16)10-22-17(27)9-13-4-6-15(7-5-13)26-12-23-24-25-26/h1-8,12H,9-11H2,(H,22,27). The van der Waals surface area contributed by atoms with Gasteiger partial charge in [0.1, 0.15) is 12.1 Å². The maximum atomic E-state index is 12.2. The second-order valence-corrected chi connectivity index (χ2v) is 5.93. The Labute approximate surface area is 158 Å². The maximum absolute atomic E-state index is 12.2. The van der Waals surface area contributed by atoms with Crippen molar-refractivity contribution in [2.24, 2.45) is 0 Å². The lowest BCUT2D eigenvalue weighted by molar-refractivity contribution is -0.153. The molecule has 0 atom stereocenters. The van der Waals surface area contributed by atoms with Crippen molar-refractivity contribution in [1.82, 2.24) is 25.5 Å². The van der Waals surface area contributed by atoms with Gasteiger partial charge in [0.05, 0.1) is 12.1 Å². The van der Waals surface area contributed by atoms with E-state index in [1.165, 1.54) is 23.1 Å². The summed E-state index contributed by atoms with van der Waals surface area (Å²) in [6.45, 7) is -1.17. The molecule has 1 N–H and O–H groups in total. The minimum atomic E-state index is -4.40. The molecule has 1 aromatic heterocycles. The molecule has 1 amide bonds. The molecule has 0 unspecified atom stereocenters. The van der Waals surface area contributed by atoms with Gasteiger partial charge in [-0.25, -0.2) is 4.68 Å². The van der Waals surface area contributed by atoms with E-state index in [1.54, 1.807) is 36.4 Å². The van der Waals surface area contributed by atoms with Gasteiger partial charge in [-0.2, -0.15) is 13.2 Å². The van der Waals surface area contributed by atoms with Crippen LogP contribution in [0.1, 0.15) is 11.1 Å². The van der Waals surface area contributed by atoms with Crippen molar-refractivity contribution in [2.45, 2.75) is 19.1 Å². The zero-order valence-electron chi connectivity index (χ0n) is 14.6. The molecule has 2 aromatic carbocycles. The highest BCUT2D eigenvalue weighted by molar-refractivity contribution is 5.78. The normalized spacial score (nSPS) is 11.2. The maximum Gasteiger partial charge on any atom is 0.422 e. The van der Waals surface area contributed by atoms with Crippen LogP contribution in [0.4, 0.5) is 13.2 Å². The van der Waals surface area contributed by atoms with Gasteiger partial charge in [-0.15, -0.1) is 5.10 Å². The fourth-order valence-electron chi connectivity index (χ4n) is 2.41. The second-order valence-electron chi connectivity index (χ2n) is 5.93. The number of amides is 1. The van der Waals surface area contributed by atoms with Crippen molar-refractivity contribution >= 4 is 5.91 Å². The molecule has 146 valence electrons. The number of nitrogens with one attached hydrogen (secondary N) is 1. The number of hydrogen-bond acceptors (Lipinski definition) is 5. The third-order valence-corrected chi connectivity index (χ3v) is 3.71. The third kappa shape index (κ3) is 5.79. The Morgan fingerprint density at radius 3 is 2.57 bits per heavy atom. The molecule has 0 radical (unpaired) electrons. The van der Waals surface area contributed by atoms with E-state index >= 15 is 0 Å². The summed E-state index contributed by atoms with van der Waals surface area (Å²) in [6.07, 6.45) is -2.77. The number of aromatic nitrogens is 4. The number of halogens is 3. The molecule has 0 aliphatic carbocycles. The largest absolute Gasteiger partial charge is 0.484 e. The fraction of sp³-hybridized carbons (Fsp3) is 0.222. The van der Waals surface area contributed by atoms with Crippen LogP contribution in [-0.2, 0) is 17.8 Å². The van der Waals surface area contributed by atoms with E-state index in [0.29, 0.717) is 5.56 Å². The number of rotatable bonds is 7. The topological polar surface area (TPSA) is 81.9 Å². The summed E-state index contributed by atoms with van der Waals surface area (Å²) in [7, 11) is 0. The zero-order valence-corrected chi connectivity index (χ0v) is 14.6. The minimum Gasteiger partial charge on any atom is -0.484 e. The zero-order chi connectivity index (χ0) is 20.0. The molecule has 28 heavy (non-hydrogen) atoms. The Balaban J connectivity index is 1.50. The number of carbonyl (C=O) groups excluding carboxylic acids is 1. The van der Waals surface area contributed by atoms with Gasteiger partial charge in [0.15, 0.2) is 6.61 Å². The van der Waals surface area contributed by atoms with E-state index in [1.807, 2.05) is 0 Å². The number of ether oxygens (including phenoxy) is 1. The van der Waals surface area contributed by atoms with Gasteiger partial charge in [-0.3, -0.25) is 4.79 Å². The first-order chi connectivity index (χ1) is 13.4. The molecule has 3 rings (SSSR count). The molecule has 3 aromatic rings. The van der Waals surface area contributed by atoms with E-state index in [4.69, 9.17) is 4.74 Å². The summed E-state index contributed by atoms with van der Waals surface area (Å²) >= 11 is 0. The van der Waals surface area contributed by atoms with Crippen molar-refractivity contribution in [1.29, 1.82) is 0 Å². The lowest BCUT2D eigenvalue weighted by Crippen LogP contribution is -2.24. The molecule has 0 aliphatic heterocycles. The van der Waals surface area contributed by atoms with E-state index in [9.17, 15) is 18.0 Å². The predicted molar refractivity (Wildman–Crippen MR) is 92.7 cm³/mol. The number of carbonyl (C=O) groups is 1. The van der Waals surface area contributed by atoms with E-state index < -0.39 is 12.8 Å². The molecule has 10 heteroatoms. The van der Waals surface area contributed by atoms with Crippen molar-refractivity contribution < 1.29 is 22.7 Å². The van der Waals surface area contributed by atoms with E-state index in [2.05, 4.69) is 20.8 Å². The average Bonchev–Trinajstić information content (AvgIpc) is 3.20. The smallest absolute Gasteiger partial charge is 0.422 e. The SMILES string of the molecule is O=C(Cc1ccc(-n2cnnn2)cc1)NCc1cccc(OCC(F)(F)F)c1. The highest BCUT2D eigenvalue weighted by Gasteiger charge is 2.28. The van der Waals surface area contributed by atoms with Crippen molar-refractivity contribution in [2.75, 3.05) is 6.61 Å². The van der Waals surface area contributed by atoms with Crippen LogP contribution in [0.5, 0.6) is 5.75 Å². The predicted octanol–water partition coefficient (Wildman–Crippen LogP) is 2.46. The quantitative estimate of drug-likeness (QED) is 0.669. The molecule has 0 saturated heterocycles.